The van der Waals surface area contributed by atoms with Crippen LogP contribution < -0.4 is 10.6 Å². The Balaban J connectivity index is 1.23. The average Bonchev–Trinajstić information content (AvgIpc) is 3.50. The highest BCUT2D eigenvalue weighted by Gasteiger charge is 2.45. The number of nitrogens with zero attached hydrogens (tertiary/aromatic N) is 1. The summed E-state index contributed by atoms with van der Waals surface area (Å²) in [6.45, 7) is 1.28. The summed E-state index contributed by atoms with van der Waals surface area (Å²) in [4.78, 5) is 26.7. The molecule has 2 N–H and O–H groups in total. The number of nitrogens with one attached hydrogen (secondary N) is 2. The zero-order valence-corrected chi connectivity index (χ0v) is 16.4. The molecular formula is C22H24ClN3O2. The molecule has 1 heterocycles. The Morgan fingerprint density at radius 2 is 1.64 bits per heavy atom. The van der Waals surface area contributed by atoms with Crippen LogP contribution in [-0.2, 0) is 4.79 Å². The molecule has 2 aliphatic rings. The van der Waals surface area contributed by atoms with Crippen molar-refractivity contribution in [2.24, 2.45) is 5.92 Å². The molecule has 2 atom stereocenters. The van der Waals surface area contributed by atoms with E-state index in [2.05, 4.69) is 10.6 Å². The van der Waals surface area contributed by atoms with Crippen LogP contribution in [0, 0.1) is 5.92 Å². The van der Waals surface area contributed by atoms with Crippen LogP contribution in [0.25, 0.3) is 0 Å². The molecule has 2 aromatic rings. The number of hydrogen-bond acceptors (Lipinski definition) is 2. The lowest BCUT2D eigenvalue weighted by atomic mass is 10.0. The monoisotopic (exact) mass is 397 g/mol. The lowest BCUT2D eigenvalue weighted by Crippen LogP contribution is -2.48. The third-order valence-corrected chi connectivity index (χ3v) is 5.93. The fourth-order valence-corrected chi connectivity index (χ4v) is 4.14. The molecule has 146 valence electrons. The Kier molecular flexibility index (Phi) is 5.53. The Hall–Kier alpha value is -2.53. The SMILES string of the molecule is O=C(NC1CCN(C(=O)Nc2ccccc2)CC1)C1CC1c1ccccc1Cl. The number of para-hydroxylation sites is 1. The van der Waals surface area contributed by atoms with Crippen LogP contribution in [0.1, 0.15) is 30.7 Å². The van der Waals surface area contributed by atoms with Crippen LogP contribution in [0.5, 0.6) is 0 Å². The van der Waals surface area contributed by atoms with Crippen LogP contribution >= 0.6 is 11.6 Å². The van der Waals surface area contributed by atoms with Gasteiger partial charge in [-0.25, -0.2) is 4.79 Å². The fourth-order valence-electron chi connectivity index (χ4n) is 3.86. The van der Waals surface area contributed by atoms with Gasteiger partial charge in [-0.05, 0) is 48.9 Å². The van der Waals surface area contributed by atoms with E-state index in [1.54, 1.807) is 4.90 Å². The molecule has 0 bridgehead atoms. The van der Waals surface area contributed by atoms with E-state index in [0.29, 0.717) is 13.1 Å². The van der Waals surface area contributed by atoms with Crippen LogP contribution in [0.3, 0.4) is 0 Å². The van der Waals surface area contributed by atoms with Gasteiger partial charge in [-0.15, -0.1) is 0 Å². The van der Waals surface area contributed by atoms with Gasteiger partial charge in [-0.2, -0.15) is 0 Å². The van der Waals surface area contributed by atoms with Crippen LogP contribution in [0.2, 0.25) is 5.02 Å². The highest BCUT2D eigenvalue weighted by molar-refractivity contribution is 6.31. The quantitative estimate of drug-likeness (QED) is 0.809. The van der Waals surface area contributed by atoms with E-state index in [0.717, 1.165) is 35.5 Å². The van der Waals surface area contributed by atoms with Crippen molar-refractivity contribution in [3.05, 3.63) is 65.2 Å². The maximum Gasteiger partial charge on any atom is 0.321 e. The zero-order chi connectivity index (χ0) is 19.5. The van der Waals surface area contributed by atoms with Gasteiger partial charge in [0.25, 0.3) is 0 Å². The van der Waals surface area contributed by atoms with Crippen molar-refractivity contribution in [2.75, 3.05) is 18.4 Å². The molecule has 28 heavy (non-hydrogen) atoms. The second kappa shape index (κ2) is 8.23. The number of hydrogen-bond donors (Lipinski definition) is 2. The van der Waals surface area contributed by atoms with Gasteiger partial charge in [-0.1, -0.05) is 48.0 Å². The molecule has 2 unspecified atom stereocenters. The first-order valence-electron chi connectivity index (χ1n) is 9.77. The standard InChI is InChI=1S/C22H24ClN3O2/c23-20-9-5-4-8-17(20)18-14-19(18)21(27)24-16-10-12-26(13-11-16)22(28)25-15-6-2-1-3-7-15/h1-9,16,18-19H,10-14H2,(H,24,27)(H,25,28). The number of rotatable bonds is 4. The van der Waals surface area contributed by atoms with Crippen LogP contribution in [0.4, 0.5) is 10.5 Å². The van der Waals surface area contributed by atoms with Gasteiger partial charge in [0.1, 0.15) is 0 Å². The third kappa shape index (κ3) is 4.30. The molecule has 1 aliphatic heterocycles. The summed E-state index contributed by atoms with van der Waals surface area (Å²) >= 11 is 6.25. The summed E-state index contributed by atoms with van der Waals surface area (Å²) in [6.07, 6.45) is 2.41. The van der Waals surface area contributed by atoms with Gasteiger partial charge in [-0.3, -0.25) is 4.79 Å². The third-order valence-electron chi connectivity index (χ3n) is 5.59. The Morgan fingerprint density at radius 1 is 0.964 bits per heavy atom. The molecule has 2 fully saturated rings. The molecule has 0 radical (unpaired) electrons. The maximum atomic E-state index is 12.6. The summed E-state index contributed by atoms with van der Waals surface area (Å²) < 4.78 is 0. The topological polar surface area (TPSA) is 61.4 Å². The largest absolute Gasteiger partial charge is 0.353 e. The normalized spacial score (nSPS) is 21.8. The molecular weight excluding hydrogens is 374 g/mol. The minimum absolute atomic E-state index is 0.0132. The smallest absolute Gasteiger partial charge is 0.321 e. The summed E-state index contributed by atoms with van der Waals surface area (Å²) in [5, 5.41) is 6.82. The van der Waals surface area contributed by atoms with E-state index in [4.69, 9.17) is 11.6 Å². The number of benzene rings is 2. The number of amides is 3. The molecule has 1 saturated heterocycles. The molecule has 2 aromatic carbocycles. The van der Waals surface area contributed by atoms with Crippen molar-refractivity contribution in [2.45, 2.75) is 31.2 Å². The number of halogens is 1. The second-order valence-electron chi connectivity index (χ2n) is 7.54. The van der Waals surface area contributed by atoms with E-state index in [1.165, 1.54) is 0 Å². The molecule has 1 saturated carbocycles. The van der Waals surface area contributed by atoms with Gasteiger partial charge in [0, 0.05) is 35.8 Å². The second-order valence-corrected chi connectivity index (χ2v) is 7.94. The average molecular weight is 398 g/mol. The summed E-state index contributed by atoms with van der Waals surface area (Å²) in [5.74, 6) is 0.349. The first-order valence-corrected chi connectivity index (χ1v) is 10.2. The zero-order valence-electron chi connectivity index (χ0n) is 15.6. The predicted octanol–water partition coefficient (Wildman–Crippen LogP) is 4.26. The molecule has 1 aliphatic carbocycles. The summed E-state index contributed by atoms with van der Waals surface area (Å²) in [6, 6.07) is 17.2. The lowest BCUT2D eigenvalue weighted by Gasteiger charge is -2.32. The number of anilines is 1. The van der Waals surface area contributed by atoms with Crippen molar-refractivity contribution in [1.82, 2.24) is 10.2 Å². The van der Waals surface area contributed by atoms with Gasteiger partial charge in [0.15, 0.2) is 0 Å². The lowest BCUT2D eigenvalue weighted by molar-refractivity contribution is -0.123. The van der Waals surface area contributed by atoms with Crippen molar-refractivity contribution in [3.63, 3.8) is 0 Å². The highest BCUT2D eigenvalue weighted by Crippen LogP contribution is 2.49. The van der Waals surface area contributed by atoms with Gasteiger partial charge < -0.3 is 15.5 Å². The van der Waals surface area contributed by atoms with E-state index in [1.807, 2.05) is 54.6 Å². The maximum absolute atomic E-state index is 12.6. The molecule has 0 spiro atoms. The van der Waals surface area contributed by atoms with Crippen LogP contribution in [-0.4, -0.2) is 36.0 Å². The van der Waals surface area contributed by atoms with E-state index < -0.39 is 0 Å². The molecule has 5 nitrogen and oxygen atoms in total. The summed E-state index contributed by atoms with van der Waals surface area (Å²) in [7, 11) is 0. The van der Waals surface area contributed by atoms with E-state index >= 15 is 0 Å². The Labute approximate surface area is 170 Å². The van der Waals surface area contributed by atoms with Crippen molar-refractivity contribution < 1.29 is 9.59 Å². The first kappa shape index (κ1) is 18.8. The number of carbonyl (C=O) groups is 2. The number of likely N-dealkylation sites (tertiary alicyclic amines) is 1. The predicted molar refractivity (Wildman–Crippen MR) is 110 cm³/mol. The Morgan fingerprint density at radius 3 is 2.36 bits per heavy atom. The van der Waals surface area contributed by atoms with Gasteiger partial charge in [0.05, 0.1) is 0 Å². The van der Waals surface area contributed by atoms with Crippen molar-refractivity contribution in [3.8, 4) is 0 Å². The highest BCUT2D eigenvalue weighted by atomic mass is 35.5. The van der Waals surface area contributed by atoms with Gasteiger partial charge in [0.2, 0.25) is 5.91 Å². The van der Waals surface area contributed by atoms with E-state index in [-0.39, 0.29) is 29.8 Å². The van der Waals surface area contributed by atoms with Crippen LogP contribution in [0.15, 0.2) is 54.6 Å². The number of carbonyl (C=O) groups excluding carboxylic acids is 2. The minimum Gasteiger partial charge on any atom is -0.353 e. The van der Waals surface area contributed by atoms with E-state index in [9.17, 15) is 9.59 Å². The molecule has 4 rings (SSSR count). The Bertz CT molecular complexity index is 850. The summed E-state index contributed by atoms with van der Waals surface area (Å²) in [5.41, 5.74) is 1.86. The fraction of sp³-hybridized carbons (Fsp3) is 0.364. The van der Waals surface area contributed by atoms with Gasteiger partial charge >= 0.3 is 6.03 Å². The number of urea groups is 1. The molecule has 0 aromatic heterocycles. The van der Waals surface area contributed by atoms with Crippen molar-refractivity contribution in [1.29, 1.82) is 0 Å². The molecule has 6 heteroatoms. The first-order chi connectivity index (χ1) is 13.6. The minimum atomic E-state index is -0.0862. The van der Waals surface area contributed by atoms with Crippen molar-refractivity contribution >= 4 is 29.2 Å². The molecule has 3 amide bonds. The number of piperidine rings is 1.